The van der Waals surface area contributed by atoms with Gasteiger partial charge in [0.05, 0.1) is 17.7 Å². The molecule has 9 nitrogen and oxygen atoms in total. The van der Waals surface area contributed by atoms with Gasteiger partial charge in [-0.3, -0.25) is 19.0 Å². The number of fused-ring (bicyclic) bond motifs is 1. The zero-order valence-electron chi connectivity index (χ0n) is 16.7. The average Bonchev–Trinajstić information content (AvgIpc) is 3.08. The number of anilines is 2. The van der Waals surface area contributed by atoms with Gasteiger partial charge in [0.15, 0.2) is 5.58 Å². The largest absolute Gasteiger partial charge is 0.460 e. The van der Waals surface area contributed by atoms with E-state index in [0.717, 1.165) is 0 Å². The monoisotopic (exact) mass is 419 g/mol. The molecule has 4 N–H and O–H groups in total. The molecule has 10 heteroatoms. The van der Waals surface area contributed by atoms with Crippen molar-refractivity contribution in [3.8, 4) is 0 Å². The number of benzene rings is 1. The number of carbonyl (C=O) groups is 1. The van der Waals surface area contributed by atoms with Crippen LogP contribution in [0.15, 0.2) is 33.5 Å². The van der Waals surface area contributed by atoms with Crippen LogP contribution in [0.25, 0.3) is 11.0 Å². The summed E-state index contributed by atoms with van der Waals surface area (Å²) in [6.45, 7) is 2.46. The first-order chi connectivity index (χ1) is 14.2. The van der Waals surface area contributed by atoms with Crippen LogP contribution in [0.2, 0.25) is 0 Å². The minimum absolute atomic E-state index is 0.00610. The van der Waals surface area contributed by atoms with Crippen LogP contribution < -0.4 is 16.4 Å². The van der Waals surface area contributed by atoms with Gasteiger partial charge >= 0.3 is 0 Å². The maximum Gasteiger partial charge on any atom is 0.282 e. The summed E-state index contributed by atoms with van der Waals surface area (Å²) in [6.07, 6.45) is -1.18. The third-order valence-electron chi connectivity index (χ3n) is 4.45. The lowest BCUT2D eigenvalue weighted by molar-refractivity contribution is -0.0294. The lowest BCUT2D eigenvalue weighted by atomic mass is 10.1. The fraction of sp³-hybridized carbons (Fsp3) is 0.300. The predicted molar refractivity (Wildman–Crippen MR) is 107 cm³/mol. The number of carbonyl (C=O) groups excluding carboxylic acids is 1. The predicted octanol–water partition coefficient (Wildman–Crippen LogP) is 1.65. The molecule has 3 aromatic rings. The van der Waals surface area contributed by atoms with E-state index in [1.54, 1.807) is 19.9 Å². The molecule has 0 aliphatic heterocycles. The maximum absolute atomic E-state index is 14.4. The van der Waals surface area contributed by atoms with Crippen LogP contribution in [0.3, 0.4) is 0 Å². The van der Waals surface area contributed by atoms with Crippen LogP contribution >= 0.6 is 0 Å². The van der Waals surface area contributed by atoms with E-state index in [4.69, 9.17) is 14.4 Å². The average molecular weight is 419 g/mol. The van der Waals surface area contributed by atoms with Gasteiger partial charge in [-0.05, 0) is 37.6 Å². The number of furan rings is 1. The van der Waals surface area contributed by atoms with E-state index in [0.29, 0.717) is 11.3 Å². The van der Waals surface area contributed by atoms with Crippen molar-refractivity contribution in [1.82, 2.24) is 10.0 Å². The van der Waals surface area contributed by atoms with Crippen molar-refractivity contribution >= 4 is 28.4 Å². The molecule has 1 amide bonds. The van der Waals surface area contributed by atoms with Crippen molar-refractivity contribution in [2.45, 2.75) is 20.0 Å². The topological polar surface area (TPSA) is 126 Å². The van der Waals surface area contributed by atoms with Crippen molar-refractivity contribution in [2.24, 2.45) is 7.05 Å². The van der Waals surface area contributed by atoms with Gasteiger partial charge in [-0.1, -0.05) is 6.07 Å². The summed E-state index contributed by atoms with van der Waals surface area (Å²) in [5, 5.41) is 21.2. The Morgan fingerprint density at radius 3 is 2.73 bits per heavy atom. The third-order valence-corrected chi connectivity index (χ3v) is 4.45. The summed E-state index contributed by atoms with van der Waals surface area (Å²) in [5.74, 6) is -0.947. The quantitative estimate of drug-likeness (QED) is 0.429. The van der Waals surface area contributed by atoms with Crippen molar-refractivity contribution < 1.29 is 28.7 Å². The number of aryl methyl sites for hydroxylation is 2. The molecule has 30 heavy (non-hydrogen) atoms. The molecule has 1 unspecified atom stereocenters. The molecule has 0 saturated heterocycles. The third kappa shape index (κ3) is 4.20. The zero-order chi connectivity index (χ0) is 22.0. The highest BCUT2D eigenvalue weighted by Crippen LogP contribution is 2.29. The van der Waals surface area contributed by atoms with Crippen LogP contribution in [0.4, 0.5) is 15.9 Å². The van der Waals surface area contributed by atoms with Crippen LogP contribution in [0.1, 0.15) is 21.7 Å². The van der Waals surface area contributed by atoms with Crippen molar-refractivity contribution in [2.75, 3.05) is 18.5 Å². The maximum atomic E-state index is 14.4. The summed E-state index contributed by atoms with van der Waals surface area (Å²) in [4.78, 5) is 30.5. The number of nitrogens with zero attached hydrogens (tertiary/aromatic N) is 1. The Kier molecular flexibility index (Phi) is 6.20. The van der Waals surface area contributed by atoms with Crippen LogP contribution in [-0.2, 0) is 11.9 Å². The molecule has 160 valence electrons. The molecule has 0 spiro atoms. The second-order valence-corrected chi connectivity index (χ2v) is 6.87. The van der Waals surface area contributed by atoms with Crippen LogP contribution in [-0.4, -0.2) is 40.0 Å². The van der Waals surface area contributed by atoms with E-state index >= 15 is 0 Å². The van der Waals surface area contributed by atoms with Gasteiger partial charge in [-0.15, -0.1) is 0 Å². The molecule has 0 saturated carbocycles. The summed E-state index contributed by atoms with van der Waals surface area (Å²) in [5.41, 5.74) is 2.39. The van der Waals surface area contributed by atoms with Gasteiger partial charge in [-0.25, -0.2) is 9.87 Å². The second-order valence-electron chi connectivity index (χ2n) is 6.87. The number of hydrogen-bond acceptors (Lipinski definition) is 7. The van der Waals surface area contributed by atoms with E-state index in [2.05, 4.69) is 10.8 Å². The van der Waals surface area contributed by atoms with Crippen LogP contribution in [0, 0.1) is 19.7 Å². The number of aromatic nitrogens is 1. The standard InChI is InChI=1S/C20H22FN3O6/c1-10-4-5-15(14(21)6-10)22-18-16(19(27)23-29-9-12(26)8-25)17-13(7-11(2)30-17)20(28)24(18)3/h4-7,12,22,25-26H,8-9H2,1-3H3,(H,23,27). The summed E-state index contributed by atoms with van der Waals surface area (Å²) < 4.78 is 21.2. The highest BCUT2D eigenvalue weighted by molar-refractivity contribution is 6.09. The first-order valence-corrected chi connectivity index (χ1v) is 9.10. The van der Waals surface area contributed by atoms with Gasteiger partial charge < -0.3 is 19.9 Å². The van der Waals surface area contributed by atoms with E-state index < -0.39 is 30.0 Å². The Bertz CT molecular complexity index is 1150. The normalized spacial score (nSPS) is 12.2. The Morgan fingerprint density at radius 1 is 1.33 bits per heavy atom. The second kappa shape index (κ2) is 8.66. The minimum Gasteiger partial charge on any atom is -0.460 e. The molecule has 2 heterocycles. The van der Waals surface area contributed by atoms with E-state index in [9.17, 15) is 19.1 Å². The van der Waals surface area contributed by atoms with Gasteiger partial charge in [0.2, 0.25) is 0 Å². The zero-order valence-corrected chi connectivity index (χ0v) is 16.7. The molecule has 0 aliphatic rings. The van der Waals surface area contributed by atoms with Crippen LogP contribution in [0.5, 0.6) is 0 Å². The minimum atomic E-state index is -1.18. The Hall–Kier alpha value is -3.21. The molecular weight excluding hydrogens is 397 g/mol. The lowest BCUT2D eigenvalue weighted by Gasteiger charge is -2.17. The highest BCUT2D eigenvalue weighted by atomic mass is 19.1. The van der Waals surface area contributed by atoms with E-state index in [1.165, 1.54) is 29.8 Å². The molecule has 1 atom stereocenters. The Morgan fingerprint density at radius 2 is 2.07 bits per heavy atom. The number of nitrogens with one attached hydrogen (secondary N) is 2. The number of aliphatic hydroxyl groups is 2. The fourth-order valence-corrected chi connectivity index (χ4v) is 2.93. The molecule has 0 radical (unpaired) electrons. The van der Waals surface area contributed by atoms with Gasteiger partial charge in [0.25, 0.3) is 11.5 Å². The smallest absolute Gasteiger partial charge is 0.282 e. The van der Waals surface area contributed by atoms with Gasteiger partial charge in [0.1, 0.15) is 35.7 Å². The molecular formula is C20H22FN3O6. The molecule has 0 bridgehead atoms. The van der Waals surface area contributed by atoms with Crippen molar-refractivity contribution in [3.05, 3.63) is 57.3 Å². The summed E-state index contributed by atoms with van der Waals surface area (Å²) in [7, 11) is 1.44. The fourth-order valence-electron chi connectivity index (χ4n) is 2.93. The molecule has 3 rings (SSSR count). The van der Waals surface area contributed by atoms with E-state index in [-0.39, 0.29) is 34.6 Å². The molecule has 2 aromatic heterocycles. The summed E-state index contributed by atoms with van der Waals surface area (Å²) in [6, 6.07) is 5.98. The summed E-state index contributed by atoms with van der Waals surface area (Å²) >= 11 is 0. The number of rotatable bonds is 7. The van der Waals surface area contributed by atoms with Crippen molar-refractivity contribution in [1.29, 1.82) is 0 Å². The molecule has 0 fully saturated rings. The van der Waals surface area contributed by atoms with Gasteiger partial charge in [-0.2, -0.15) is 0 Å². The number of aliphatic hydroxyl groups excluding tert-OH is 2. The van der Waals surface area contributed by atoms with Crippen molar-refractivity contribution in [3.63, 3.8) is 0 Å². The number of amides is 1. The number of hydroxylamine groups is 1. The van der Waals surface area contributed by atoms with Gasteiger partial charge in [0, 0.05) is 7.05 Å². The van der Waals surface area contributed by atoms with E-state index in [1.807, 2.05) is 0 Å². The first kappa shape index (κ1) is 21.5. The number of halogens is 1. The first-order valence-electron chi connectivity index (χ1n) is 9.10. The highest BCUT2D eigenvalue weighted by Gasteiger charge is 2.25. The molecule has 0 aliphatic carbocycles. The molecule has 1 aromatic carbocycles. The number of pyridine rings is 1. The Labute approximate surface area is 170 Å². The Balaban J connectivity index is 2.10. The number of hydrogen-bond donors (Lipinski definition) is 4. The SMILES string of the molecule is Cc1ccc(Nc2c(C(=O)NOCC(O)CO)c3oc(C)cc3c(=O)n2C)c(F)c1. The lowest BCUT2D eigenvalue weighted by Crippen LogP contribution is -2.32.